The zero-order valence-corrected chi connectivity index (χ0v) is 11.4. The summed E-state index contributed by atoms with van der Waals surface area (Å²) in [5.74, 6) is -0.194. The number of carbonyl (C=O) groups is 1. The van der Waals surface area contributed by atoms with E-state index in [1.54, 1.807) is 24.3 Å². The number of aryl methyl sites for hydroxylation is 1. The molecule has 104 valence electrons. The lowest BCUT2D eigenvalue weighted by Gasteiger charge is -2.10. The molecule has 0 aromatic heterocycles. The van der Waals surface area contributed by atoms with Gasteiger partial charge in [-0.1, -0.05) is 18.2 Å². The molecule has 0 heterocycles. The van der Waals surface area contributed by atoms with Gasteiger partial charge in [0.1, 0.15) is 5.75 Å². The van der Waals surface area contributed by atoms with Gasteiger partial charge in [-0.3, -0.25) is 4.79 Å². The second kappa shape index (κ2) is 6.19. The normalized spacial score (nSPS) is 10.2. The highest BCUT2D eigenvalue weighted by Gasteiger charge is 2.14. The van der Waals surface area contributed by atoms with Crippen molar-refractivity contribution in [3.05, 3.63) is 59.4 Å². The number of halogens is 1. The van der Waals surface area contributed by atoms with Gasteiger partial charge in [0.05, 0.1) is 12.7 Å². The van der Waals surface area contributed by atoms with Gasteiger partial charge >= 0.3 is 0 Å². The van der Waals surface area contributed by atoms with Crippen molar-refractivity contribution in [3.63, 3.8) is 0 Å². The standard InChI is InChI=1S/C16H15FO3/c1-11-7-8-12(16(9-11)19-2)14(18)10-20-15-6-4-3-5-13(15)17/h3-9H,10H2,1-2H3. The minimum absolute atomic E-state index is 0.0620. The molecule has 0 radical (unpaired) electrons. The highest BCUT2D eigenvalue weighted by molar-refractivity contribution is 5.99. The molecule has 3 nitrogen and oxygen atoms in total. The van der Waals surface area contributed by atoms with Crippen molar-refractivity contribution < 1.29 is 18.7 Å². The van der Waals surface area contributed by atoms with Crippen LogP contribution in [0.2, 0.25) is 0 Å². The molecule has 0 amide bonds. The summed E-state index contributed by atoms with van der Waals surface area (Å²) >= 11 is 0. The van der Waals surface area contributed by atoms with E-state index in [9.17, 15) is 9.18 Å². The summed E-state index contributed by atoms with van der Waals surface area (Å²) in [7, 11) is 1.50. The van der Waals surface area contributed by atoms with E-state index in [-0.39, 0.29) is 18.1 Å². The Balaban J connectivity index is 2.11. The van der Waals surface area contributed by atoms with E-state index in [0.717, 1.165) is 5.56 Å². The molecule has 0 saturated heterocycles. The monoisotopic (exact) mass is 274 g/mol. The Kier molecular flexibility index (Phi) is 4.35. The second-order valence-electron chi connectivity index (χ2n) is 4.35. The Morgan fingerprint density at radius 1 is 1.15 bits per heavy atom. The van der Waals surface area contributed by atoms with Crippen LogP contribution in [0.3, 0.4) is 0 Å². The molecule has 2 aromatic carbocycles. The smallest absolute Gasteiger partial charge is 0.203 e. The summed E-state index contributed by atoms with van der Waals surface area (Å²) in [4.78, 5) is 12.1. The van der Waals surface area contributed by atoms with Gasteiger partial charge in [-0.05, 0) is 36.8 Å². The number of methoxy groups -OCH3 is 1. The molecular weight excluding hydrogens is 259 g/mol. The van der Waals surface area contributed by atoms with Crippen LogP contribution in [0, 0.1) is 12.7 Å². The second-order valence-corrected chi connectivity index (χ2v) is 4.35. The summed E-state index contributed by atoms with van der Waals surface area (Å²) in [6, 6.07) is 11.3. The molecule has 2 aromatic rings. The molecule has 4 heteroatoms. The zero-order valence-electron chi connectivity index (χ0n) is 11.4. The molecule has 0 fully saturated rings. The van der Waals surface area contributed by atoms with Crippen LogP contribution < -0.4 is 9.47 Å². The van der Waals surface area contributed by atoms with E-state index in [1.807, 2.05) is 13.0 Å². The Morgan fingerprint density at radius 3 is 2.60 bits per heavy atom. The number of ether oxygens (including phenoxy) is 2. The van der Waals surface area contributed by atoms with Crippen LogP contribution >= 0.6 is 0 Å². The molecule has 0 aliphatic rings. The van der Waals surface area contributed by atoms with E-state index in [0.29, 0.717) is 11.3 Å². The molecule has 0 aliphatic heterocycles. The van der Waals surface area contributed by atoms with Crippen molar-refractivity contribution >= 4 is 5.78 Å². The van der Waals surface area contributed by atoms with Gasteiger partial charge in [-0.2, -0.15) is 0 Å². The average molecular weight is 274 g/mol. The number of carbonyl (C=O) groups excluding carboxylic acids is 1. The fourth-order valence-electron chi connectivity index (χ4n) is 1.81. The van der Waals surface area contributed by atoms with E-state index in [4.69, 9.17) is 9.47 Å². The van der Waals surface area contributed by atoms with Crippen LogP contribution in [0.25, 0.3) is 0 Å². The third kappa shape index (κ3) is 3.15. The maximum atomic E-state index is 13.4. The molecule has 0 N–H and O–H groups in total. The minimum Gasteiger partial charge on any atom is -0.496 e. The average Bonchev–Trinajstić information content (AvgIpc) is 2.46. The summed E-state index contributed by atoms with van der Waals surface area (Å²) in [5, 5.41) is 0. The first kappa shape index (κ1) is 14.1. The van der Waals surface area contributed by atoms with E-state index >= 15 is 0 Å². The number of hydrogen-bond donors (Lipinski definition) is 0. The Labute approximate surface area is 117 Å². The molecule has 0 saturated carbocycles. The van der Waals surface area contributed by atoms with Gasteiger partial charge < -0.3 is 9.47 Å². The molecule has 20 heavy (non-hydrogen) atoms. The first-order valence-electron chi connectivity index (χ1n) is 6.17. The largest absolute Gasteiger partial charge is 0.496 e. The van der Waals surface area contributed by atoms with Gasteiger partial charge in [0.15, 0.2) is 18.2 Å². The van der Waals surface area contributed by atoms with Crippen molar-refractivity contribution in [3.8, 4) is 11.5 Å². The maximum Gasteiger partial charge on any atom is 0.203 e. The van der Waals surface area contributed by atoms with Crippen LogP contribution in [-0.2, 0) is 0 Å². The number of hydrogen-bond acceptors (Lipinski definition) is 3. The predicted octanol–water partition coefficient (Wildman–Crippen LogP) is 3.40. The fraction of sp³-hybridized carbons (Fsp3) is 0.188. The van der Waals surface area contributed by atoms with Crippen LogP contribution in [0.4, 0.5) is 4.39 Å². The summed E-state index contributed by atoms with van der Waals surface area (Å²) < 4.78 is 23.8. The van der Waals surface area contributed by atoms with Gasteiger partial charge in [-0.15, -0.1) is 0 Å². The minimum atomic E-state index is -0.490. The quantitative estimate of drug-likeness (QED) is 0.784. The van der Waals surface area contributed by atoms with E-state index < -0.39 is 5.82 Å². The zero-order chi connectivity index (χ0) is 14.5. The molecule has 0 aliphatic carbocycles. The van der Waals surface area contributed by atoms with Crippen molar-refractivity contribution in [2.75, 3.05) is 13.7 Å². The maximum absolute atomic E-state index is 13.4. The van der Waals surface area contributed by atoms with Gasteiger partial charge in [0.25, 0.3) is 0 Å². The summed E-state index contributed by atoms with van der Waals surface area (Å²) in [5.41, 5.74) is 1.42. The fourth-order valence-corrected chi connectivity index (χ4v) is 1.81. The van der Waals surface area contributed by atoms with Crippen LogP contribution in [0.1, 0.15) is 15.9 Å². The van der Waals surface area contributed by atoms with Gasteiger partial charge in [-0.25, -0.2) is 4.39 Å². The highest BCUT2D eigenvalue weighted by atomic mass is 19.1. The first-order valence-corrected chi connectivity index (χ1v) is 6.17. The lowest BCUT2D eigenvalue weighted by atomic mass is 10.1. The van der Waals surface area contributed by atoms with E-state index in [2.05, 4.69) is 0 Å². The van der Waals surface area contributed by atoms with Crippen LogP contribution in [-0.4, -0.2) is 19.5 Å². The molecule has 0 atom stereocenters. The number of benzene rings is 2. The molecular formula is C16H15FO3. The van der Waals surface area contributed by atoms with Crippen LogP contribution in [0.5, 0.6) is 11.5 Å². The number of Topliss-reactive ketones (excluding diaryl/α,β-unsaturated/α-hetero) is 1. The Hall–Kier alpha value is -2.36. The third-order valence-electron chi connectivity index (χ3n) is 2.85. The van der Waals surface area contributed by atoms with Crippen molar-refractivity contribution in [1.29, 1.82) is 0 Å². The van der Waals surface area contributed by atoms with Crippen molar-refractivity contribution in [2.45, 2.75) is 6.92 Å². The van der Waals surface area contributed by atoms with Gasteiger partial charge in [0.2, 0.25) is 5.78 Å². The SMILES string of the molecule is COc1cc(C)ccc1C(=O)COc1ccccc1F. The summed E-state index contributed by atoms with van der Waals surface area (Å²) in [6.07, 6.45) is 0. The highest BCUT2D eigenvalue weighted by Crippen LogP contribution is 2.21. The predicted molar refractivity (Wildman–Crippen MR) is 74.0 cm³/mol. The summed E-state index contributed by atoms with van der Waals surface area (Å²) in [6.45, 7) is 1.67. The Bertz CT molecular complexity index is 623. The van der Waals surface area contributed by atoms with Gasteiger partial charge in [0, 0.05) is 0 Å². The van der Waals surface area contributed by atoms with Crippen molar-refractivity contribution in [2.24, 2.45) is 0 Å². The van der Waals surface area contributed by atoms with Crippen molar-refractivity contribution in [1.82, 2.24) is 0 Å². The molecule has 2 rings (SSSR count). The third-order valence-corrected chi connectivity index (χ3v) is 2.85. The number of para-hydroxylation sites is 1. The van der Waals surface area contributed by atoms with E-state index in [1.165, 1.54) is 19.2 Å². The number of ketones is 1. The number of rotatable bonds is 5. The topological polar surface area (TPSA) is 35.5 Å². The lowest BCUT2D eigenvalue weighted by Crippen LogP contribution is -2.13. The lowest BCUT2D eigenvalue weighted by molar-refractivity contribution is 0.0915. The Morgan fingerprint density at radius 2 is 1.90 bits per heavy atom. The molecule has 0 unspecified atom stereocenters. The molecule has 0 spiro atoms. The molecule has 0 bridgehead atoms. The van der Waals surface area contributed by atoms with Crippen LogP contribution in [0.15, 0.2) is 42.5 Å². The first-order chi connectivity index (χ1) is 9.61.